The Labute approximate surface area is 171 Å². The third kappa shape index (κ3) is 4.24. The molecule has 2 aromatic carbocycles. The number of nitrogens with zero attached hydrogens (tertiary/aromatic N) is 1. The fourth-order valence-corrected chi connectivity index (χ4v) is 3.79. The second kappa shape index (κ2) is 7.95. The van der Waals surface area contributed by atoms with E-state index in [1.165, 1.54) is 11.1 Å². The first-order valence-electron chi connectivity index (χ1n) is 9.94. The van der Waals surface area contributed by atoms with E-state index in [0.717, 1.165) is 24.2 Å². The summed E-state index contributed by atoms with van der Waals surface area (Å²) in [6.07, 6.45) is 3.77. The second-order valence-electron chi connectivity index (χ2n) is 7.74. The molecule has 1 heterocycles. The van der Waals surface area contributed by atoms with Crippen molar-refractivity contribution < 1.29 is 4.74 Å². The lowest BCUT2D eigenvalue weighted by atomic mass is 10.0. The van der Waals surface area contributed by atoms with Gasteiger partial charge < -0.3 is 15.8 Å². The first-order valence-corrected chi connectivity index (χ1v) is 9.94. The number of nitrogens with two attached hydrogens (primary N) is 1. The molecule has 0 saturated heterocycles. The van der Waals surface area contributed by atoms with Gasteiger partial charge in [0, 0.05) is 29.1 Å². The number of nitrogen functional groups attached to an aromatic ring is 1. The number of ether oxygens (including phenoxy) is 1. The molecule has 1 aliphatic carbocycles. The zero-order valence-electron chi connectivity index (χ0n) is 16.8. The largest absolute Gasteiger partial charge is 0.491 e. The number of nitrogens with one attached hydrogen (secondary N) is 2. The van der Waals surface area contributed by atoms with Crippen molar-refractivity contribution >= 4 is 17.2 Å². The lowest BCUT2D eigenvalue weighted by Crippen LogP contribution is -2.20. The van der Waals surface area contributed by atoms with Crippen molar-refractivity contribution in [1.29, 1.82) is 5.41 Å². The standard InChI is InChI=1S/C24H26N4O/c1-15(2)29-20-7-8-22(25)21(14-20)24(26)18-9-10-27-23(13-18)28-19-11-16-5-3-4-6-17(16)12-19/h3-10,13-15,19,26H,11-12,25H2,1-2H3,(H,27,28). The molecule has 0 spiro atoms. The van der Waals surface area contributed by atoms with Crippen molar-refractivity contribution in [3.63, 3.8) is 0 Å². The number of aromatic nitrogens is 1. The number of rotatable bonds is 6. The van der Waals surface area contributed by atoms with Gasteiger partial charge in [0.1, 0.15) is 11.6 Å². The third-order valence-corrected chi connectivity index (χ3v) is 5.12. The molecule has 0 radical (unpaired) electrons. The zero-order valence-corrected chi connectivity index (χ0v) is 16.8. The average molecular weight is 386 g/mol. The van der Waals surface area contributed by atoms with Crippen LogP contribution in [0.2, 0.25) is 0 Å². The second-order valence-corrected chi connectivity index (χ2v) is 7.74. The van der Waals surface area contributed by atoms with Crippen molar-refractivity contribution in [1.82, 2.24) is 4.98 Å². The molecule has 5 heteroatoms. The van der Waals surface area contributed by atoms with E-state index in [2.05, 4.69) is 34.6 Å². The van der Waals surface area contributed by atoms with Crippen molar-refractivity contribution in [2.75, 3.05) is 11.1 Å². The minimum Gasteiger partial charge on any atom is -0.491 e. The highest BCUT2D eigenvalue weighted by molar-refractivity contribution is 6.14. The van der Waals surface area contributed by atoms with E-state index in [4.69, 9.17) is 15.9 Å². The Kier molecular flexibility index (Phi) is 5.21. The maximum Gasteiger partial charge on any atom is 0.126 e. The van der Waals surface area contributed by atoms with Crippen LogP contribution in [0.25, 0.3) is 0 Å². The van der Waals surface area contributed by atoms with Gasteiger partial charge in [-0.25, -0.2) is 4.98 Å². The molecular formula is C24H26N4O. The fraction of sp³-hybridized carbons (Fsp3) is 0.250. The Morgan fingerprint density at radius 1 is 1.10 bits per heavy atom. The van der Waals surface area contributed by atoms with Crippen LogP contribution in [0.1, 0.15) is 36.1 Å². The SMILES string of the molecule is CC(C)Oc1ccc(N)c(C(=N)c2ccnc(NC3Cc4ccccc4C3)c2)c1. The van der Waals surface area contributed by atoms with E-state index in [1.807, 2.05) is 38.1 Å². The van der Waals surface area contributed by atoms with Crippen LogP contribution < -0.4 is 15.8 Å². The number of fused-ring (bicyclic) bond motifs is 1. The summed E-state index contributed by atoms with van der Waals surface area (Å²) in [6, 6.07) is 18.1. The molecule has 1 aliphatic rings. The summed E-state index contributed by atoms with van der Waals surface area (Å²) in [7, 11) is 0. The van der Waals surface area contributed by atoms with Gasteiger partial charge in [-0.2, -0.15) is 0 Å². The Morgan fingerprint density at radius 3 is 2.52 bits per heavy atom. The maximum atomic E-state index is 8.69. The maximum absolute atomic E-state index is 8.69. The highest BCUT2D eigenvalue weighted by Crippen LogP contribution is 2.26. The van der Waals surface area contributed by atoms with Gasteiger partial charge in [0.25, 0.3) is 0 Å². The third-order valence-electron chi connectivity index (χ3n) is 5.12. The first kappa shape index (κ1) is 19.0. The predicted octanol–water partition coefficient (Wildman–Crippen LogP) is 4.45. The highest BCUT2D eigenvalue weighted by Gasteiger charge is 2.21. The summed E-state index contributed by atoms with van der Waals surface area (Å²) in [5.74, 6) is 1.49. The normalized spacial score (nSPS) is 13.3. The van der Waals surface area contributed by atoms with Crippen LogP contribution in [0.15, 0.2) is 60.8 Å². The first-order chi connectivity index (χ1) is 14.0. The highest BCUT2D eigenvalue weighted by atomic mass is 16.5. The summed E-state index contributed by atoms with van der Waals surface area (Å²) in [5, 5.41) is 12.2. The van der Waals surface area contributed by atoms with Gasteiger partial charge in [0.2, 0.25) is 0 Å². The lowest BCUT2D eigenvalue weighted by Gasteiger charge is -2.15. The van der Waals surface area contributed by atoms with Crippen molar-refractivity contribution in [2.45, 2.75) is 38.8 Å². The van der Waals surface area contributed by atoms with Gasteiger partial charge >= 0.3 is 0 Å². The molecule has 1 aromatic heterocycles. The predicted molar refractivity (Wildman–Crippen MR) is 118 cm³/mol. The summed E-state index contributed by atoms with van der Waals surface area (Å²) in [5.41, 5.74) is 11.3. The summed E-state index contributed by atoms with van der Waals surface area (Å²) >= 11 is 0. The molecule has 4 rings (SSSR count). The molecule has 0 atom stereocenters. The van der Waals surface area contributed by atoms with E-state index < -0.39 is 0 Å². The van der Waals surface area contributed by atoms with Crippen LogP contribution in [-0.4, -0.2) is 22.8 Å². The molecule has 0 saturated carbocycles. The van der Waals surface area contributed by atoms with Crippen LogP contribution in [0, 0.1) is 5.41 Å². The van der Waals surface area contributed by atoms with E-state index in [1.54, 1.807) is 12.3 Å². The average Bonchev–Trinajstić information content (AvgIpc) is 3.11. The van der Waals surface area contributed by atoms with Crippen LogP contribution >= 0.6 is 0 Å². The van der Waals surface area contributed by atoms with E-state index >= 15 is 0 Å². The van der Waals surface area contributed by atoms with Crippen LogP contribution in [0.5, 0.6) is 5.75 Å². The van der Waals surface area contributed by atoms with Gasteiger partial charge in [-0.15, -0.1) is 0 Å². The molecule has 0 unspecified atom stereocenters. The molecule has 0 amide bonds. The smallest absolute Gasteiger partial charge is 0.126 e. The molecule has 5 nitrogen and oxygen atoms in total. The number of benzene rings is 2. The lowest BCUT2D eigenvalue weighted by molar-refractivity contribution is 0.242. The van der Waals surface area contributed by atoms with Gasteiger partial charge in [-0.3, -0.25) is 5.41 Å². The molecular weight excluding hydrogens is 360 g/mol. The Hall–Kier alpha value is -3.34. The summed E-state index contributed by atoms with van der Waals surface area (Å²) in [6.45, 7) is 3.95. The Bertz CT molecular complexity index is 1020. The Morgan fingerprint density at radius 2 is 1.83 bits per heavy atom. The molecule has 0 fully saturated rings. The molecule has 3 aromatic rings. The van der Waals surface area contributed by atoms with Gasteiger partial charge in [-0.05, 0) is 68.1 Å². The van der Waals surface area contributed by atoms with Gasteiger partial charge in [-0.1, -0.05) is 24.3 Å². The quantitative estimate of drug-likeness (QED) is 0.432. The Balaban J connectivity index is 1.52. The number of hydrogen-bond donors (Lipinski definition) is 3. The van der Waals surface area contributed by atoms with Crippen molar-refractivity contribution in [3.8, 4) is 5.75 Å². The fourth-order valence-electron chi connectivity index (χ4n) is 3.79. The minimum absolute atomic E-state index is 0.0629. The van der Waals surface area contributed by atoms with E-state index in [9.17, 15) is 0 Å². The molecule has 4 N–H and O–H groups in total. The van der Waals surface area contributed by atoms with Crippen LogP contribution in [0.3, 0.4) is 0 Å². The summed E-state index contributed by atoms with van der Waals surface area (Å²) in [4.78, 5) is 4.46. The number of anilines is 2. The van der Waals surface area contributed by atoms with Crippen molar-refractivity contribution in [3.05, 3.63) is 83.0 Å². The molecule has 0 bridgehead atoms. The molecule has 0 aliphatic heterocycles. The number of pyridine rings is 1. The molecule has 148 valence electrons. The molecule has 29 heavy (non-hydrogen) atoms. The van der Waals surface area contributed by atoms with Crippen molar-refractivity contribution in [2.24, 2.45) is 0 Å². The summed E-state index contributed by atoms with van der Waals surface area (Å²) < 4.78 is 5.76. The van der Waals surface area contributed by atoms with Crippen LogP contribution in [-0.2, 0) is 12.8 Å². The number of hydrogen-bond acceptors (Lipinski definition) is 5. The van der Waals surface area contributed by atoms with E-state index in [-0.39, 0.29) is 6.10 Å². The van der Waals surface area contributed by atoms with Gasteiger partial charge in [0.15, 0.2) is 0 Å². The monoisotopic (exact) mass is 386 g/mol. The minimum atomic E-state index is 0.0629. The van der Waals surface area contributed by atoms with Crippen LogP contribution in [0.4, 0.5) is 11.5 Å². The van der Waals surface area contributed by atoms with Gasteiger partial charge in [0.05, 0.1) is 11.8 Å². The van der Waals surface area contributed by atoms with E-state index in [0.29, 0.717) is 28.8 Å². The topological polar surface area (TPSA) is 84.0 Å². The zero-order chi connectivity index (χ0) is 20.4.